The third-order valence-corrected chi connectivity index (χ3v) is 2.96. The van der Waals surface area contributed by atoms with E-state index < -0.39 is 0 Å². The number of aromatic nitrogens is 5. The van der Waals surface area contributed by atoms with Crippen LogP contribution in [0.5, 0.6) is 0 Å². The molecule has 0 amide bonds. The second-order valence-electron chi connectivity index (χ2n) is 4.13. The van der Waals surface area contributed by atoms with Gasteiger partial charge in [0.1, 0.15) is 0 Å². The van der Waals surface area contributed by atoms with E-state index in [1.54, 1.807) is 6.20 Å². The van der Waals surface area contributed by atoms with E-state index >= 15 is 0 Å². The highest BCUT2D eigenvalue weighted by Gasteiger charge is 2.16. The van der Waals surface area contributed by atoms with E-state index in [0.717, 1.165) is 49.2 Å². The fourth-order valence-electron chi connectivity index (χ4n) is 1.97. The molecule has 90 valence electrons. The summed E-state index contributed by atoms with van der Waals surface area (Å²) < 4.78 is 0. The first-order valence-corrected chi connectivity index (χ1v) is 5.73. The highest BCUT2D eigenvalue weighted by atomic mass is 15.4. The minimum absolute atomic E-state index is 0.766. The average Bonchev–Trinajstić information content (AvgIpc) is 2.98. The summed E-state index contributed by atoms with van der Waals surface area (Å²) in [5.41, 5.74) is 1.96. The Balaban J connectivity index is 1.85. The zero-order chi connectivity index (χ0) is 11.7. The van der Waals surface area contributed by atoms with Crippen LogP contribution in [0.4, 0.5) is 5.95 Å². The molecular formula is C10H15N7. The molecule has 7 heteroatoms. The summed E-state index contributed by atoms with van der Waals surface area (Å²) in [7, 11) is 0. The summed E-state index contributed by atoms with van der Waals surface area (Å²) in [6, 6.07) is 0. The van der Waals surface area contributed by atoms with Crippen molar-refractivity contribution >= 4 is 5.95 Å². The molecule has 17 heavy (non-hydrogen) atoms. The van der Waals surface area contributed by atoms with Gasteiger partial charge in [-0.1, -0.05) is 0 Å². The third kappa shape index (κ3) is 1.89. The van der Waals surface area contributed by atoms with Gasteiger partial charge in [-0.05, 0) is 6.92 Å². The maximum absolute atomic E-state index is 4.51. The van der Waals surface area contributed by atoms with Crippen LogP contribution in [0.15, 0.2) is 6.20 Å². The predicted octanol–water partition coefficient (Wildman–Crippen LogP) is -0.0872. The van der Waals surface area contributed by atoms with Gasteiger partial charge in [0.25, 0.3) is 0 Å². The lowest BCUT2D eigenvalue weighted by Gasteiger charge is -2.25. The van der Waals surface area contributed by atoms with Gasteiger partial charge >= 0.3 is 0 Å². The van der Waals surface area contributed by atoms with Crippen molar-refractivity contribution in [2.45, 2.75) is 6.92 Å². The lowest BCUT2D eigenvalue weighted by atomic mass is 10.2. The first-order chi connectivity index (χ1) is 8.34. The molecular weight excluding hydrogens is 218 g/mol. The van der Waals surface area contributed by atoms with E-state index in [1.165, 1.54) is 0 Å². The molecule has 3 rings (SSSR count). The molecule has 0 unspecified atom stereocenters. The van der Waals surface area contributed by atoms with E-state index in [9.17, 15) is 0 Å². The summed E-state index contributed by atoms with van der Waals surface area (Å²) >= 11 is 0. The standard InChI is InChI=1S/C10H15N7/c1-7-8(6-12-14-7)9-13-10(16-15-9)17-4-2-11-3-5-17/h6,11H,2-5H2,1H3,(H,12,14)(H,13,15,16). The van der Waals surface area contributed by atoms with Gasteiger partial charge in [-0.2, -0.15) is 10.1 Å². The second-order valence-corrected chi connectivity index (χ2v) is 4.13. The maximum Gasteiger partial charge on any atom is 0.245 e. The summed E-state index contributed by atoms with van der Waals surface area (Å²) in [6.07, 6.45) is 1.76. The number of aromatic amines is 2. The number of H-pyrrole nitrogens is 2. The Bertz CT molecular complexity index is 494. The Hall–Kier alpha value is -1.89. The fraction of sp³-hybridized carbons (Fsp3) is 0.500. The van der Waals surface area contributed by atoms with Crippen LogP contribution in [0, 0.1) is 6.92 Å². The van der Waals surface area contributed by atoms with E-state index in [0.29, 0.717) is 0 Å². The largest absolute Gasteiger partial charge is 0.337 e. The van der Waals surface area contributed by atoms with Gasteiger partial charge in [-0.3, -0.25) is 10.2 Å². The van der Waals surface area contributed by atoms with E-state index in [2.05, 4.69) is 35.6 Å². The number of nitrogens with one attached hydrogen (secondary N) is 3. The summed E-state index contributed by atoms with van der Waals surface area (Å²) in [4.78, 5) is 6.68. The summed E-state index contributed by atoms with van der Waals surface area (Å²) in [5.74, 6) is 1.53. The van der Waals surface area contributed by atoms with Gasteiger partial charge in [0.2, 0.25) is 5.95 Å². The number of rotatable bonds is 2. The van der Waals surface area contributed by atoms with Gasteiger partial charge in [-0.15, -0.1) is 5.10 Å². The van der Waals surface area contributed by atoms with Gasteiger partial charge < -0.3 is 10.2 Å². The van der Waals surface area contributed by atoms with E-state index in [1.807, 2.05) is 6.92 Å². The third-order valence-electron chi connectivity index (χ3n) is 2.96. The molecule has 2 aromatic heterocycles. The Labute approximate surface area is 98.6 Å². The molecule has 2 aromatic rings. The first kappa shape index (κ1) is 10.3. The molecule has 0 saturated carbocycles. The van der Waals surface area contributed by atoms with E-state index in [4.69, 9.17) is 0 Å². The molecule has 3 N–H and O–H groups in total. The van der Waals surface area contributed by atoms with Crippen molar-refractivity contribution in [1.82, 2.24) is 30.7 Å². The predicted molar refractivity (Wildman–Crippen MR) is 63.8 cm³/mol. The maximum atomic E-state index is 4.51. The Morgan fingerprint density at radius 1 is 1.24 bits per heavy atom. The fourth-order valence-corrected chi connectivity index (χ4v) is 1.97. The number of hydrogen-bond acceptors (Lipinski definition) is 5. The number of hydrogen-bond donors (Lipinski definition) is 3. The number of anilines is 1. The van der Waals surface area contributed by atoms with Crippen LogP contribution < -0.4 is 10.2 Å². The monoisotopic (exact) mass is 233 g/mol. The van der Waals surface area contributed by atoms with Crippen molar-refractivity contribution < 1.29 is 0 Å². The normalized spacial score (nSPS) is 16.4. The zero-order valence-corrected chi connectivity index (χ0v) is 9.69. The highest BCUT2D eigenvalue weighted by molar-refractivity contribution is 5.57. The van der Waals surface area contributed by atoms with Gasteiger partial charge in [-0.25, -0.2) is 0 Å². The smallest absolute Gasteiger partial charge is 0.245 e. The minimum Gasteiger partial charge on any atom is -0.337 e. The molecule has 1 aliphatic heterocycles. The second kappa shape index (κ2) is 4.17. The zero-order valence-electron chi connectivity index (χ0n) is 9.69. The molecule has 0 spiro atoms. The molecule has 0 aliphatic carbocycles. The van der Waals surface area contributed by atoms with Crippen LogP contribution in [0.3, 0.4) is 0 Å². The number of nitrogens with zero attached hydrogens (tertiary/aromatic N) is 4. The SMILES string of the molecule is Cc1[nH]ncc1-c1nc(N2CCNCC2)n[nH]1. The molecule has 1 aliphatic rings. The molecule has 1 saturated heterocycles. The van der Waals surface area contributed by atoms with Gasteiger partial charge in [0.05, 0.1) is 11.8 Å². The van der Waals surface area contributed by atoms with Crippen molar-refractivity contribution in [3.05, 3.63) is 11.9 Å². The van der Waals surface area contributed by atoms with Crippen molar-refractivity contribution in [1.29, 1.82) is 0 Å². The summed E-state index contributed by atoms with van der Waals surface area (Å²) in [5, 5.41) is 17.4. The average molecular weight is 233 g/mol. The lowest BCUT2D eigenvalue weighted by Crippen LogP contribution is -2.44. The van der Waals surface area contributed by atoms with Crippen LogP contribution in [-0.2, 0) is 0 Å². The van der Waals surface area contributed by atoms with Crippen molar-refractivity contribution in [3.8, 4) is 11.4 Å². The molecule has 0 bridgehead atoms. The molecule has 7 nitrogen and oxygen atoms in total. The first-order valence-electron chi connectivity index (χ1n) is 5.73. The van der Waals surface area contributed by atoms with Crippen molar-refractivity contribution in [2.75, 3.05) is 31.1 Å². The Morgan fingerprint density at radius 2 is 2.06 bits per heavy atom. The summed E-state index contributed by atoms with van der Waals surface area (Å²) in [6.45, 7) is 5.82. The minimum atomic E-state index is 0.766. The van der Waals surface area contributed by atoms with Crippen LogP contribution in [0.25, 0.3) is 11.4 Å². The molecule has 1 fully saturated rings. The molecule has 3 heterocycles. The Kier molecular flexibility index (Phi) is 2.52. The van der Waals surface area contributed by atoms with E-state index in [-0.39, 0.29) is 0 Å². The molecule has 0 atom stereocenters. The van der Waals surface area contributed by atoms with Crippen LogP contribution >= 0.6 is 0 Å². The lowest BCUT2D eigenvalue weighted by molar-refractivity contribution is 0.580. The van der Waals surface area contributed by atoms with Gasteiger partial charge in [0.15, 0.2) is 5.82 Å². The number of aryl methyl sites for hydroxylation is 1. The topological polar surface area (TPSA) is 85.5 Å². The highest BCUT2D eigenvalue weighted by Crippen LogP contribution is 2.19. The van der Waals surface area contributed by atoms with Crippen LogP contribution in [-0.4, -0.2) is 51.6 Å². The van der Waals surface area contributed by atoms with Crippen LogP contribution in [0.1, 0.15) is 5.69 Å². The number of piperazine rings is 1. The van der Waals surface area contributed by atoms with Crippen molar-refractivity contribution in [2.24, 2.45) is 0 Å². The van der Waals surface area contributed by atoms with Gasteiger partial charge in [0, 0.05) is 31.9 Å². The van der Waals surface area contributed by atoms with Crippen molar-refractivity contribution in [3.63, 3.8) is 0 Å². The molecule has 0 aromatic carbocycles. The van der Waals surface area contributed by atoms with Crippen LogP contribution in [0.2, 0.25) is 0 Å². The quantitative estimate of drug-likeness (QED) is 0.675. The molecule has 0 radical (unpaired) electrons. The Morgan fingerprint density at radius 3 is 2.76 bits per heavy atom.